The van der Waals surface area contributed by atoms with Crippen LogP contribution in [0.25, 0.3) is 0 Å². The summed E-state index contributed by atoms with van der Waals surface area (Å²) in [6.45, 7) is 16.2. The van der Waals surface area contributed by atoms with Crippen LogP contribution in [-0.2, 0) is 23.8 Å². The van der Waals surface area contributed by atoms with Crippen LogP contribution in [0.2, 0.25) is 23.7 Å². The molecule has 5 nitrogen and oxygen atoms in total. The lowest BCUT2D eigenvalue weighted by Gasteiger charge is -2.54. The van der Waals surface area contributed by atoms with Crippen molar-refractivity contribution in [1.29, 1.82) is 0 Å². The number of aryl methyl sites for hydroxylation is 1. The zero-order chi connectivity index (χ0) is 35.9. The Morgan fingerprint density at radius 3 is 2.09 bits per heavy atom. The van der Waals surface area contributed by atoms with Crippen LogP contribution in [0.5, 0.6) is 0 Å². The minimum atomic E-state index is -5.96. The van der Waals surface area contributed by atoms with Crippen molar-refractivity contribution in [3.63, 3.8) is 0 Å². The van der Waals surface area contributed by atoms with Crippen molar-refractivity contribution in [3.05, 3.63) is 29.8 Å². The summed E-state index contributed by atoms with van der Waals surface area (Å²) in [4.78, 5) is -0.164. The van der Waals surface area contributed by atoms with Gasteiger partial charge in [-0.05, 0) is 78.0 Å². The fourth-order valence-corrected chi connectivity index (χ4v) is 12.7. The molecule has 0 amide bonds. The molecule has 0 radical (unpaired) electrons. The van der Waals surface area contributed by atoms with Gasteiger partial charge in [-0.2, -0.15) is 34.8 Å². The number of halogens is 6. The molecule has 2 saturated carbocycles. The first kappa shape index (κ1) is 39.8. The molecule has 1 aromatic carbocycles. The molecule has 268 valence electrons. The van der Waals surface area contributed by atoms with E-state index in [1.165, 1.54) is 18.1 Å². The van der Waals surface area contributed by atoms with Crippen LogP contribution in [0.3, 0.4) is 0 Å². The molecular formula is C34H50F6O5SSi. The minimum Gasteiger partial charge on any atom is -0.359 e. The molecule has 13 heteroatoms. The van der Waals surface area contributed by atoms with Crippen molar-refractivity contribution in [2.45, 2.75) is 133 Å². The van der Waals surface area contributed by atoms with Gasteiger partial charge in [0.25, 0.3) is 10.1 Å². The highest BCUT2D eigenvalue weighted by atomic mass is 32.2. The van der Waals surface area contributed by atoms with Gasteiger partial charge in [0, 0.05) is 13.5 Å². The van der Waals surface area contributed by atoms with E-state index in [1.807, 2.05) is 5.92 Å². The molecule has 2 aliphatic rings. The molecule has 2 fully saturated rings. The van der Waals surface area contributed by atoms with Gasteiger partial charge in [0.2, 0.25) is 0 Å². The number of alkyl halides is 6. The second-order valence-electron chi connectivity index (χ2n) is 15.3. The van der Waals surface area contributed by atoms with Crippen molar-refractivity contribution in [1.82, 2.24) is 0 Å². The van der Waals surface area contributed by atoms with E-state index < -0.39 is 61.4 Å². The van der Waals surface area contributed by atoms with Crippen LogP contribution < -0.4 is 0 Å². The summed E-state index contributed by atoms with van der Waals surface area (Å²) in [5.74, 6) is 3.05. The van der Waals surface area contributed by atoms with Gasteiger partial charge in [0.05, 0.1) is 19.1 Å². The predicted molar refractivity (Wildman–Crippen MR) is 172 cm³/mol. The zero-order valence-electron chi connectivity index (χ0n) is 28.9. The van der Waals surface area contributed by atoms with E-state index in [4.69, 9.17) is 4.18 Å². The van der Waals surface area contributed by atoms with Crippen LogP contribution in [0.4, 0.5) is 26.3 Å². The van der Waals surface area contributed by atoms with Crippen LogP contribution in [0.1, 0.15) is 78.7 Å². The third-order valence-electron chi connectivity index (χ3n) is 11.6. The van der Waals surface area contributed by atoms with E-state index in [0.29, 0.717) is 11.5 Å². The smallest absolute Gasteiger partial charge is 0.359 e. The topological polar surface area (TPSA) is 61.8 Å². The second-order valence-corrected chi connectivity index (χ2v) is 22.5. The Morgan fingerprint density at radius 2 is 1.57 bits per heavy atom. The number of fused-ring (bicyclic) bond motifs is 1. The maximum atomic E-state index is 14.0. The van der Waals surface area contributed by atoms with E-state index in [-0.39, 0.29) is 21.3 Å². The fraction of sp³-hybridized carbons (Fsp3) is 0.765. The first-order chi connectivity index (χ1) is 21.4. The molecule has 6 atom stereocenters. The van der Waals surface area contributed by atoms with E-state index >= 15 is 0 Å². The molecule has 3 rings (SSSR count). The van der Waals surface area contributed by atoms with Crippen LogP contribution in [0, 0.1) is 41.9 Å². The molecule has 0 aromatic heterocycles. The van der Waals surface area contributed by atoms with Gasteiger partial charge in [-0.25, -0.2) is 0 Å². The molecule has 1 aromatic rings. The Kier molecular flexibility index (Phi) is 11.8. The summed E-state index contributed by atoms with van der Waals surface area (Å²) in [6.07, 6.45) is -9.25. The Morgan fingerprint density at radius 1 is 1.00 bits per heavy atom. The quantitative estimate of drug-likeness (QED) is 0.0795. The first-order valence-electron chi connectivity index (χ1n) is 16.1. The third kappa shape index (κ3) is 7.92. The number of methoxy groups -OCH3 is 1. The number of benzene rings is 1. The SMILES string of the molecule is COCOC(C#CC[C@H](OS(=O)(=O)c1ccc(C)cc1)C(C)[C@H]1CC[C@H]2[C@@H]([Si](C)(C)C(C)(C)C)CCC[C@]12C)(C(F)(F)F)C(F)(F)F. The first-order valence-corrected chi connectivity index (χ1v) is 20.6. The Balaban J connectivity index is 2.07. The Labute approximate surface area is 277 Å². The average molecular weight is 713 g/mol. The van der Waals surface area contributed by atoms with Crippen molar-refractivity contribution in [2.24, 2.45) is 23.2 Å². The van der Waals surface area contributed by atoms with E-state index in [2.05, 4.69) is 50.3 Å². The van der Waals surface area contributed by atoms with Gasteiger partial charge in [0.15, 0.2) is 0 Å². The fourth-order valence-electron chi connectivity index (χ4n) is 7.93. The lowest BCUT2D eigenvalue weighted by molar-refractivity contribution is -0.368. The number of rotatable bonds is 10. The minimum absolute atomic E-state index is 0.0835. The van der Waals surface area contributed by atoms with E-state index in [1.54, 1.807) is 26.0 Å². The Hall–Kier alpha value is -1.59. The van der Waals surface area contributed by atoms with Crippen LogP contribution in [-0.4, -0.2) is 54.5 Å². The zero-order valence-corrected chi connectivity index (χ0v) is 30.7. The Bertz CT molecular complexity index is 1380. The van der Waals surface area contributed by atoms with Gasteiger partial charge in [-0.1, -0.05) is 84.2 Å². The molecule has 0 saturated heterocycles. The summed E-state index contributed by atoms with van der Waals surface area (Å²) in [5, 5.41) is 0.150. The lowest BCUT2D eigenvalue weighted by atomic mass is 9.61. The van der Waals surface area contributed by atoms with Gasteiger partial charge >= 0.3 is 18.0 Å². The molecular weight excluding hydrogens is 663 g/mol. The van der Waals surface area contributed by atoms with Crippen molar-refractivity contribution in [3.8, 4) is 11.8 Å². The second kappa shape index (κ2) is 14.0. The highest BCUT2D eigenvalue weighted by molar-refractivity contribution is 7.86. The molecule has 47 heavy (non-hydrogen) atoms. The molecule has 0 aliphatic heterocycles. The maximum Gasteiger partial charge on any atom is 0.438 e. The summed E-state index contributed by atoms with van der Waals surface area (Å²) in [7, 11) is -5.35. The molecule has 1 unspecified atom stereocenters. The van der Waals surface area contributed by atoms with Crippen molar-refractivity contribution in [2.75, 3.05) is 13.9 Å². The number of ether oxygens (including phenoxy) is 2. The van der Waals surface area contributed by atoms with Gasteiger partial charge in [-0.15, -0.1) is 0 Å². The van der Waals surface area contributed by atoms with Crippen LogP contribution >= 0.6 is 0 Å². The summed E-state index contributed by atoms with van der Waals surface area (Å²) in [6, 6.07) is 5.86. The van der Waals surface area contributed by atoms with E-state index in [0.717, 1.165) is 44.8 Å². The largest absolute Gasteiger partial charge is 0.438 e. The standard InChI is InChI=1S/C34H50F6O5SSi/c1-23-14-16-25(17-15-23)46(41,42)45-28(12-10-21-32(33(35,36)37,34(38,39)40)44-22-43-7)24(2)26-18-19-27-29(13-11-20-31(26,27)6)47(8,9)30(3,4)5/h14-17,24,26-29H,11-13,18-20,22H2,1-9H3/t24?,26-,27+,28+,29+,31-/m1/s1. The maximum absolute atomic E-state index is 14.0. The third-order valence-corrected chi connectivity index (χ3v) is 19.4. The molecule has 0 bridgehead atoms. The molecule has 2 aliphatic carbocycles. The lowest BCUT2D eigenvalue weighted by Crippen LogP contribution is -2.58. The van der Waals surface area contributed by atoms with Gasteiger partial charge in [0.1, 0.15) is 6.79 Å². The van der Waals surface area contributed by atoms with Crippen LogP contribution in [0.15, 0.2) is 29.2 Å². The summed E-state index contributed by atoms with van der Waals surface area (Å²) in [5.41, 5.74) is -3.72. The molecule has 0 heterocycles. The predicted octanol–water partition coefficient (Wildman–Crippen LogP) is 9.68. The molecule has 0 spiro atoms. The number of hydrogen-bond acceptors (Lipinski definition) is 5. The molecule has 0 N–H and O–H groups in total. The summed E-state index contributed by atoms with van der Waals surface area (Å²) < 4.78 is 125. The summed E-state index contributed by atoms with van der Waals surface area (Å²) >= 11 is 0. The van der Waals surface area contributed by atoms with Gasteiger partial charge in [-0.3, -0.25) is 4.18 Å². The monoisotopic (exact) mass is 712 g/mol. The normalized spacial score (nSPS) is 25.9. The highest BCUT2D eigenvalue weighted by Gasteiger charge is 2.72. The van der Waals surface area contributed by atoms with Crippen molar-refractivity contribution >= 4 is 18.2 Å². The number of hydrogen-bond donors (Lipinski definition) is 0. The van der Waals surface area contributed by atoms with Gasteiger partial charge < -0.3 is 9.47 Å². The average Bonchev–Trinajstić information content (AvgIpc) is 3.28. The highest BCUT2D eigenvalue weighted by Crippen LogP contribution is 2.65. The van der Waals surface area contributed by atoms with Crippen molar-refractivity contribution < 1.29 is 48.4 Å². The van der Waals surface area contributed by atoms with E-state index in [9.17, 15) is 34.8 Å².